The number of nitrogens with one attached hydrogen (secondary N) is 1. The third-order valence-electron chi connectivity index (χ3n) is 3.85. The molecule has 0 unspecified atom stereocenters. The van der Waals surface area contributed by atoms with Gasteiger partial charge in [-0.25, -0.2) is 0 Å². The number of para-hydroxylation sites is 1. The van der Waals surface area contributed by atoms with E-state index in [1.807, 2.05) is 55.9 Å². The zero-order chi connectivity index (χ0) is 14.2. The van der Waals surface area contributed by atoms with E-state index in [1.54, 1.807) is 7.05 Å². The quantitative estimate of drug-likeness (QED) is 0.885. The Bertz CT molecular complexity index is 614. The highest BCUT2D eigenvalue weighted by molar-refractivity contribution is 5.87. The maximum absolute atomic E-state index is 11.4. The Balaban J connectivity index is 2.63. The van der Waals surface area contributed by atoms with Gasteiger partial charge in [0.2, 0.25) is 0 Å². The summed E-state index contributed by atoms with van der Waals surface area (Å²) in [6.07, 6.45) is 2.03. The van der Waals surface area contributed by atoms with E-state index in [0.717, 1.165) is 16.5 Å². The lowest BCUT2D eigenvalue weighted by molar-refractivity contribution is -0.141. The minimum Gasteiger partial charge on any atom is -0.480 e. The monoisotopic (exact) mass is 260 g/mol. The lowest BCUT2D eigenvalue weighted by atomic mass is 9.77. The molecule has 0 saturated carbocycles. The molecule has 19 heavy (non-hydrogen) atoms. The molecule has 4 nitrogen and oxygen atoms in total. The van der Waals surface area contributed by atoms with Crippen LogP contribution in [0.5, 0.6) is 0 Å². The first-order valence-corrected chi connectivity index (χ1v) is 6.34. The number of carbonyl (C=O) groups is 1. The SMILES string of the molecule is CN[C@H](C(=O)O)C(C)(C)c1cn(C)c2ccccc12. The fourth-order valence-corrected chi connectivity index (χ4v) is 2.80. The number of aliphatic carboxylic acids is 1. The van der Waals surface area contributed by atoms with Crippen LogP contribution in [0.15, 0.2) is 30.5 Å². The molecule has 1 aromatic carbocycles. The van der Waals surface area contributed by atoms with Gasteiger partial charge in [-0.1, -0.05) is 32.0 Å². The van der Waals surface area contributed by atoms with Gasteiger partial charge in [0.15, 0.2) is 0 Å². The third-order valence-corrected chi connectivity index (χ3v) is 3.85. The number of benzene rings is 1. The molecule has 1 atom stereocenters. The summed E-state index contributed by atoms with van der Waals surface area (Å²) < 4.78 is 2.04. The van der Waals surface area contributed by atoms with E-state index in [9.17, 15) is 9.90 Å². The van der Waals surface area contributed by atoms with Crippen LogP contribution in [0.4, 0.5) is 0 Å². The minimum atomic E-state index is -0.833. The highest BCUT2D eigenvalue weighted by atomic mass is 16.4. The molecule has 0 radical (unpaired) electrons. The summed E-state index contributed by atoms with van der Waals surface area (Å²) in [4.78, 5) is 11.4. The van der Waals surface area contributed by atoms with Gasteiger partial charge in [0, 0.05) is 29.6 Å². The number of carboxylic acid groups (broad SMARTS) is 1. The smallest absolute Gasteiger partial charge is 0.321 e. The average Bonchev–Trinajstić information content (AvgIpc) is 2.68. The topological polar surface area (TPSA) is 54.3 Å². The molecule has 0 aliphatic heterocycles. The van der Waals surface area contributed by atoms with Gasteiger partial charge in [-0.3, -0.25) is 4.79 Å². The summed E-state index contributed by atoms with van der Waals surface area (Å²) in [5.74, 6) is -0.833. The van der Waals surface area contributed by atoms with Gasteiger partial charge < -0.3 is 15.0 Å². The second-order valence-corrected chi connectivity index (χ2v) is 5.45. The molecule has 0 fully saturated rings. The Labute approximate surface area is 113 Å². The number of rotatable bonds is 4. The number of likely N-dealkylation sites (N-methyl/N-ethyl adjacent to an activating group) is 1. The van der Waals surface area contributed by atoms with Crippen molar-refractivity contribution in [3.8, 4) is 0 Å². The predicted molar refractivity (Wildman–Crippen MR) is 76.4 cm³/mol. The molecule has 4 heteroatoms. The minimum absolute atomic E-state index is 0.499. The predicted octanol–water partition coefficient (Wildman–Crippen LogP) is 2.13. The molecule has 2 N–H and O–H groups in total. The molecule has 2 rings (SSSR count). The second kappa shape index (κ2) is 4.70. The molecular weight excluding hydrogens is 240 g/mol. The number of aromatic nitrogens is 1. The molecule has 0 saturated heterocycles. The van der Waals surface area contributed by atoms with Gasteiger partial charge >= 0.3 is 5.97 Å². The van der Waals surface area contributed by atoms with Gasteiger partial charge in [-0.05, 0) is 18.7 Å². The summed E-state index contributed by atoms with van der Waals surface area (Å²) in [5, 5.41) is 13.4. The zero-order valence-corrected chi connectivity index (χ0v) is 11.8. The van der Waals surface area contributed by atoms with Crippen molar-refractivity contribution in [2.45, 2.75) is 25.3 Å². The fraction of sp³-hybridized carbons (Fsp3) is 0.400. The summed E-state index contributed by atoms with van der Waals surface area (Å²) in [6.45, 7) is 3.92. The Morgan fingerprint density at radius 2 is 2.00 bits per heavy atom. The lowest BCUT2D eigenvalue weighted by Crippen LogP contribution is -2.48. The van der Waals surface area contributed by atoms with Gasteiger partial charge in [0.05, 0.1) is 0 Å². The number of hydrogen-bond acceptors (Lipinski definition) is 2. The fourth-order valence-electron chi connectivity index (χ4n) is 2.80. The van der Waals surface area contributed by atoms with Crippen molar-refractivity contribution in [1.29, 1.82) is 0 Å². The Kier molecular flexibility index (Phi) is 3.37. The van der Waals surface area contributed by atoms with Gasteiger partial charge in [-0.15, -0.1) is 0 Å². The first-order chi connectivity index (χ1) is 8.89. The summed E-state index contributed by atoms with van der Waals surface area (Å²) >= 11 is 0. The van der Waals surface area contributed by atoms with Crippen LogP contribution in [0.3, 0.4) is 0 Å². The molecule has 0 aliphatic rings. The summed E-state index contributed by atoms with van der Waals surface area (Å²) in [7, 11) is 3.67. The van der Waals surface area contributed by atoms with Crippen molar-refractivity contribution in [2.75, 3.05) is 7.05 Å². The van der Waals surface area contributed by atoms with E-state index < -0.39 is 17.4 Å². The largest absolute Gasteiger partial charge is 0.480 e. The molecular formula is C15H20N2O2. The van der Waals surface area contributed by atoms with Crippen molar-refractivity contribution >= 4 is 16.9 Å². The second-order valence-electron chi connectivity index (χ2n) is 5.45. The number of aryl methyl sites for hydroxylation is 1. The van der Waals surface area contributed by atoms with Crippen LogP contribution < -0.4 is 5.32 Å². The third kappa shape index (κ3) is 2.12. The average molecular weight is 260 g/mol. The van der Waals surface area contributed by atoms with Crippen molar-refractivity contribution in [1.82, 2.24) is 9.88 Å². The van der Waals surface area contributed by atoms with Gasteiger partial charge in [-0.2, -0.15) is 0 Å². The van der Waals surface area contributed by atoms with Gasteiger partial charge in [0.1, 0.15) is 6.04 Å². The van der Waals surface area contributed by atoms with Crippen LogP contribution in [0.25, 0.3) is 10.9 Å². The molecule has 0 amide bonds. The van der Waals surface area contributed by atoms with E-state index in [4.69, 9.17) is 0 Å². The highest BCUT2D eigenvalue weighted by Crippen LogP contribution is 2.34. The van der Waals surface area contributed by atoms with Crippen LogP contribution in [-0.2, 0) is 17.3 Å². The summed E-state index contributed by atoms with van der Waals surface area (Å²) in [6, 6.07) is 7.44. The molecule has 1 aromatic heterocycles. The maximum atomic E-state index is 11.4. The standard InChI is InChI=1S/C15H20N2O2/c1-15(2,13(16-3)14(18)19)11-9-17(4)12-8-6-5-7-10(11)12/h5-9,13,16H,1-4H3,(H,18,19)/t13-/m1/s1. The van der Waals surface area contributed by atoms with Crippen molar-refractivity contribution < 1.29 is 9.90 Å². The first-order valence-electron chi connectivity index (χ1n) is 6.34. The van der Waals surface area contributed by atoms with Crippen molar-refractivity contribution in [3.63, 3.8) is 0 Å². The van der Waals surface area contributed by atoms with Crippen LogP contribution in [0.1, 0.15) is 19.4 Å². The normalized spacial score (nSPS) is 13.7. The Morgan fingerprint density at radius 3 is 2.58 bits per heavy atom. The van der Waals surface area contributed by atoms with E-state index in [1.165, 1.54) is 0 Å². The number of hydrogen-bond donors (Lipinski definition) is 2. The molecule has 2 aromatic rings. The van der Waals surface area contributed by atoms with Crippen LogP contribution in [0.2, 0.25) is 0 Å². The van der Waals surface area contributed by atoms with Crippen molar-refractivity contribution in [3.05, 3.63) is 36.0 Å². The Morgan fingerprint density at radius 1 is 1.37 bits per heavy atom. The number of nitrogens with zero attached hydrogens (tertiary/aromatic N) is 1. The molecule has 0 aliphatic carbocycles. The van der Waals surface area contributed by atoms with Crippen LogP contribution >= 0.6 is 0 Å². The number of carboxylic acids is 1. The maximum Gasteiger partial charge on any atom is 0.321 e. The van der Waals surface area contributed by atoms with Crippen molar-refractivity contribution in [2.24, 2.45) is 7.05 Å². The molecule has 0 spiro atoms. The van der Waals surface area contributed by atoms with Crippen LogP contribution in [-0.4, -0.2) is 28.7 Å². The van der Waals surface area contributed by atoms with E-state index >= 15 is 0 Å². The summed E-state index contributed by atoms with van der Waals surface area (Å²) in [5.41, 5.74) is 1.67. The van der Waals surface area contributed by atoms with E-state index in [2.05, 4.69) is 5.32 Å². The van der Waals surface area contributed by atoms with E-state index in [0.29, 0.717) is 0 Å². The highest BCUT2D eigenvalue weighted by Gasteiger charge is 2.37. The first kappa shape index (κ1) is 13.6. The molecule has 1 heterocycles. The molecule has 0 bridgehead atoms. The lowest BCUT2D eigenvalue weighted by Gasteiger charge is -2.31. The Hall–Kier alpha value is -1.81. The van der Waals surface area contributed by atoms with Gasteiger partial charge in [0.25, 0.3) is 0 Å². The van der Waals surface area contributed by atoms with Crippen LogP contribution in [0, 0.1) is 0 Å². The zero-order valence-electron chi connectivity index (χ0n) is 11.8. The van der Waals surface area contributed by atoms with E-state index in [-0.39, 0.29) is 0 Å². The molecule has 102 valence electrons. The number of fused-ring (bicyclic) bond motifs is 1.